The number of aliphatic carboxylic acids is 1. The molecule has 134 valence electrons. The van der Waals surface area contributed by atoms with E-state index in [9.17, 15) is 4.79 Å². The molecule has 0 unspecified atom stereocenters. The third kappa shape index (κ3) is 5.71. The topological polar surface area (TPSA) is 59.0 Å². The van der Waals surface area contributed by atoms with Crippen molar-refractivity contribution in [2.24, 2.45) is 0 Å². The molecule has 5 heteroatoms. The predicted octanol–water partition coefficient (Wildman–Crippen LogP) is 3.97. The number of anilines is 1. The summed E-state index contributed by atoms with van der Waals surface area (Å²) in [5, 5.41) is 8.83. The highest BCUT2D eigenvalue weighted by molar-refractivity contribution is 5.67. The molecule has 0 saturated carbocycles. The van der Waals surface area contributed by atoms with Gasteiger partial charge in [-0.05, 0) is 31.0 Å². The Hall–Kier alpha value is -2.69. The number of hydrogen-bond acceptors (Lipinski definition) is 4. The zero-order valence-electron chi connectivity index (χ0n) is 14.8. The standard InChI is InChI=1S/C20H25NO4/c1-3-21(13-7-10-20(22)23)18-14-17(11-12-19(18)24-2)25-15-16-8-5-4-6-9-16/h4-6,8-9,11-12,14H,3,7,10,13,15H2,1-2H3,(H,22,23). The number of hydrogen-bond donors (Lipinski definition) is 1. The molecule has 5 nitrogen and oxygen atoms in total. The molecule has 0 bridgehead atoms. The van der Waals surface area contributed by atoms with Gasteiger partial charge in [0.05, 0.1) is 12.8 Å². The van der Waals surface area contributed by atoms with Crippen molar-refractivity contribution in [1.29, 1.82) is 0 Å². The van der Waals surface area contributed by atoms with Crippen molar-refractivity contribution >= 4 is 11.7 Å². The van der Waals surface area contributed by atoms with Gasteiger partial charge in [0.2, 0.25) is 0 Å². The van der Waals surface area contributed by atoms with Gasteiger partial charge in [0.25, 0.3) is 0 Å². The number of ether oxygens (including phenoxy) is 2. The van der Waals surface area contributed by atoms with Crippen LogP contribution in [0, 0.1) is 0 Å². The highest BCUT2D eigenvalue weighted by Gasteiger charge is 2.13. The van der Waals surface area contributed by atoms with Gasteiger partial charge in [0, 0.05) is 25.6 Å². The van der Waals surface area contributed by atoms with Crippen molar-refractivity contribution in [1.82, 2.24) is 0 Å². The van der Waals surface area contributed by atoms with Crippen LogP contribution in [-0.4, -0.2) is 31.3 Å². The van der Waals surface area contributed by atoms with Gasteiger partial charge in [-0.2, -0.15) is 0 Å². The quantitative estimate of drug-likeness (QED) is 0.707. The minimum absolute atomic E-state index is 0.156. The lowest BCUT2D eigenvalue weighted by atomic mass is 10.2. The van der Waals surface area contributed by atoms with Gasteiger partial charge >= 0.3 is 5.97 Å². The van der Waals surface area contributed by atoms with E-state index in [1.165, 1.54) is 0 Å². The summed E-state index contributed by atoms with van der Waals surface area (Å²) in [7, 11) is 1.63. The molecule has 0 aliphatic carbocycles. The Kier molecular flexibility index (Phi) is 7.14. The monoisotopic (exact) mass is 343 g/mol. The number of carboxylic acids is 1. The zero-order valence-corrected chi connectivity index (χ0v) is 14.8. The molecular formula is C20H25NO4. The number of rotatable bonds is 10. The minimum Gasteiger partial charge on any atom is -0.495 e. The van der Waals surface area contributed by atoms with Crippen LogP contribution in [0.3, 0.4) is 0 Å². The second-order valence-corrected chi connectivity index (χ2v) is 5.68. The average molecular weight is 343 g/mol. The van der Waals surface area contributed by atoms with Crippen molar-refractivity contribution < 1.29 is 19.4 Å². The SMILES string of the molecule is CCN(CCCC(=O)O)c1cc(OCc2ccccc2)ccc1OC. The molecule has 25 heavy (non-hydrogen) atoms. The minimum atomic E-state index is -0.775. The van der Waals surface area contributed by atoms with Crippen LogP contribution >= 0.6 is 0 Å². The largest absolute Gasteiger partial charge is 0.495 e. The normalized spacial score (nSPS) is 10.3. The molecule has 0 amide bonds. The van der Waals surface area contributed by atoms with Gasteiger partial charge in [-0.25, -0.2) is 0 Å². The molecule has 2 aromatic rings. The predicted molar refractivity (Wildman–Crippen MR) is 98.5 cm³/mol. The molecule has 0 aliphatic heterocycles. The van der Waals surface area contributed by atoms with Gasteiger partial charge in [-0.1, -0.05) is 30.3 Å². The molecule has 0 aliphatic rings. The van der Waals surface area contributed by atoms with Crippen LogP contribution in [0.5, 0.6) is 11.5 Å². The van der Waals surface area contributed by atoms with E-state index >= 15 is 0 Å². The molecular weight excluding hydrogens is 318 g/mol. The average Bonchev–Trinajstić information content (AvgIpc) is 2.64. The molecule has 2 aromatic carbocycles. The van der Waals surface area contributed by atoms with E-state index < -0.39 is 5.97 Å². The molecule has 0 spiro atoms. The zero-order chi connectivity index (χ0) is 18.1. The molecule has 0 radical (unpaired) electrons. The van der Waals surface area contributed by atoms with E-state index in [-0.39, 0.29) is 6.42 Å². The lowest BCUT2D eigenvalue weighted by molar-refractivity contribution is -0.137. The first-order valence-electron chi connectivity index (χ1n) is 8.45. The summed E-state index contributed by atoms with van der Waals surface area (Å²) in [5.74, 6) is 0.739. The highest BCUT2D eigenvalue weighted by atomic mass is 16.5. The van der Waals surface area contributed by atoms with Crippen molar-refractivity contribution in [3.05, 3.63) is 54.1 Å². The van der Waals surface area contributed by atoms with Crippen LogP contribution in [0.2, 0.25) is 0 Å². The van der Waals surface area contributed by atoms with Gasteiger partial charge in [-0.15, -0.1) is 0 Å². The third-order valence-electron chi connectivity index (χ3n) is 3.94. The molecule has 0 heterocycles. The first-order chi connectivity index (χ1) is 12.1. The number of carbonyl (C=O) groups is 1. The summed E-state index contributed by atoms with van der Waals surface area (Å²) in [4.78, 5) is 12.8. The first-order valence-corrected chi connectivity index (χ1v) is 8.45. The summed E-state index contributed by atoms with van der Waals surface area (Å²) in [6.45, 7) is 3.95. The Morgan fingerprint density at radius 1 is 1.16 bits per heavy atom. The summed E-state index contributed by atoms with van der Waals surface area (Å²) in [6, 6.07) is 15.7. The van der Waals surface area contributed by atoms with Gasteiger partial charge < -0.3 is 19.5 Å². The van der Waals surface area contributed by atoms with Crippen molar-refractivity contribution in [2.75, 3.05) is 25.1 Å². The molecule has 0 aromatic heterocycles. The van der Waals surface area contributed by atoms with E-state index in [1.807, 2.05) is 55.5 Å². The molecule has 0 fully saturated rings. The summed E-state index contributed by atoms with van der Waals surface area (Å²) in [5.41, 5.74) is 2.02. The van der Waals surface area contributed by atoms with E-state index in [0.717, 1.165) is 29.3 Å². The number of nitrogens with zero attached hydrogens (tertiary/aromatic N) is 1. The maximum atomic E-state index is 10.7. The molecule has 2 rings (SSSR count). The Morgan fingerprint density at radius 2 is 1.92 bits per heavy atom. The van der Waals surface area contributed by atoms with Crippen LogP contribution < -0.4 is 14.4 Å². The van der Waals surface area contributed by atoms with Crippen LogP contribution in [-0.2, 0) is 11.4 Å². The molecule has 0 saturated heterocycles. The van der Waals surface area contributed by atoms with Gasteiger partial charge in [0.15, 0.2) is 0 Å². The van der Waals surface area contributed by atoms with Crippen molar-refractivity contribution in [3.63, 3.8) is 0 Å². The van der Waals surface area contributed by atoms with Crippen LogP contribution in [0.15, 0.2) is 48.5 Å². The summed E-state index contributed by atoms with van der Waals surface area (Å²) < 4.78 is 11.4. The smallest absolute Gasteiger partial charge is 0.303 e. The second kappa shape index (κ2) is 9.57. The first kappa shape index (κ1) is 18.6. The second-order valence-electron chi connectivity index (χ2n) is 5.68. The number of methoxy groups -OCH3 is 1. The highest BCUT2D eigenvalue weighted by Crippen LogP contribution is 2.32. The number of benzene rings is 2. The van der Waals surface area contributed by atoms with Gasteiger partial charge in [-0.3, -0.25) is 4.79 Å². The molecule has 0 atom stereocenters. The van der Waals surface area contributed by atoms with E-state index in [0.29, 0.717) is 19.6 Å². The fourth-order valence-corrected chi connectivity index (χ4v) is 2.62. The van der Waals surface area contributed by atoms with Crippen molar-refractivity contribution in [2.45, 2.75) is 26.4 Å². The van der Waals surface area contributed by atoms with Crippen LogP contribution in [0.1, 0.15) is 25.3 Å². The van der Waals surface area contributed by atoms with Crippen LogP contribution in [0.25, 0.3) is 0 Å². The third-order valence-corrected chi connectivity index (χ3v) is 3.94. The summed E-state index contributed by atoms with van der Waals surface area (Å²) >= 11 is 0. The van der Waals surface area contributed by atoms with Crippen molar-refractivity contribution in [3.8, 4) is 11.5 Å². The molecule has 1 N–H and O–H groups in total. The summed E-state index contributed by atoms with van der Waals surface area (Å²) in [6.07, 6.45) is 0.741. The number of carboxylic acid groups (broad SMARTS) is 1. The maximum Gasteiger partial charge on any atom is 0.303 e. The Labute approximate surface area is 148 Å². The fraction of sp³-hybridized carbons (Fsp3) is 0.350. The lowest BCUT2D eigenvalue weighted by Gasteiger charge is -2.25. The van der Waals surface area contributed by atoms with E-state index in [2.05, 4.69) is 4.90 Å². The fourth-order valence-electron chi connectivity index (χ4n) is 2.62. The Morgan fingerprint density at radius 3 is 2.56 bits per heavy atom. The van der Waals surface area contributed by atoms with Gasteiger partial charge in [0.1, 0.15) is 18.1 Å². The maximum absolute atomic E-state index is 10.7. The Bertz CT molecular complexity index is 673. The lowest BCUT2D eigenvalue weighted by Crippen LogP contribution is -2.25. The van der Waals surface area contributed by atoms with E-state index in [4.69, 9.17) is 14.6 Å². The Balaban J connectivity index is 2.10. The van der Waals surface area contributed by atoms with Crippen LogP contribution in [0.4, 0.5) is 5.69 Å². The van der Waals surface area contributed by atoms with E-state index in [1.54, 1.807) is 7.11 Å².